The number of carbonyl (C=O) groups excluding carboxylic acids is 2. The molecule has 0 aromatic carbocycles. The van der Waals surface area contributed by atoms with Gasteiger partial charge in [-0.1, -0.05) is 53.6 Å². The molecule has 0 heterocycles. The van der Waals surface area contributed by atoms with Crippen molar-refractivity contribution in [3.8, 4) is 0 Å². The lowest BCUT2D eigenvalue weighted by molar-refractivity contribution is -0.166. The van der Waals surface area contributed by atoms with Gasteiger partial charge in [-0.15, -0.1) is 0 Å². The largest absolute Gasteiger partial charge is 0.463 e. The first kappa shape index (κ1) is 26.4. The highest BCUT2D eigenvalue weighted by Gasteiger charge is 2.47. The van der Waals surface area contributed by atoms with Crippen molar-refractivity contribution in [1.29, 1.82) is 0 Å². The van der Waals surface area contributed by atoms with Crippen LogP contribution >= 0.6 is 0 Å². The molecule has 0 fully saturated rings. The second-order valence-electron chi connectivity index (χ2n) is 9.55. The molecule has 0 radical (unpaired) electrons. The maximum absolute atomic E-state index is 12.8. The van der Waals surface area contributed by atoms with Crippen LogP contribution in [0.1, 0.15) is 75.2 Å². The van der Waals surface area contributed by atoms with Gasteiger partial charge in [0.2, 0.25) is 0 Å². The zero-order chi connectivity index (χ0) is 22.0. The lowest BCUT2D eigenvalue weighted by Gasteiger charge is -2.43. The van der Waals surface area contributed by atoms with Crippen LogP contribution in [0, 0.1) is 16.2 Å². The van der Waals surface area contributed by atoms with Crippen molar-refractivity contribution in [1.82, 2.24) is 5.32 Å². The van der Waals surface area contributed by atoms with Crippen LogP contribution in [0.15, 0.2) is 5.16 Å². The second kappa shape index (κ2) is 11.4. The van der Waals surface area contributed by atoms with E-state index in [9.17, 15) is 9.59 Å². The Kier molecular flexibility index (Phi) is 10.7. The molecule has 1 amide bonds. The van der Waals surface area contributed by atoms with Crippen LogP contribution in [0.2, 0.25) is 0 Å². The summed E-state index contributed by atoms with van der Waals surface area (Å²) < 4.78 is 10.9. The fourth-order valence-electron chi connectivity index (χ4n) is 2.60. The van der Waals surface area contributed by atoms with Gasteiger partial charge in [0.05, 0.1) is 24.3 Å². The average molecular weight is 401 g/mol. The van der Waals surface area contributed by atoms with Gasteiger partial charge in [0.15, 0.2) is 0 Å². The van der Waals surface area contributed by atoms with Crippen LogP contribution in [0.25, 0.3) is 0 Å². The van der Waals surface area contributed by atoms with E-state index in [4.69, 9.17) is 9.47 Å². The molecule has 1 N–H and O–H groups in total. The van der Waals surface area contributed by atoms with Gasteiger partial charge in [0.1, 0.15) is 6.61 Å². The van der Waals surface area contributed by atoms with Crippen LogP contribution in [-0.2, 0) is 19.1 Å². The molecule has 0 aliphatic heterocycles. The molecule has 164 valence electrons. The van der Waals surface area contributed by atoms with Crippen molar-refractivity contribution in [3.05, 3.63) is 0 Å². The number of rotatable bonds is 10. The maximum atomic E-state index is 12.8. The first-order valence-electron chi connectivity index (χ1n) is 9.96. The summed E-state index contributed by atoms with van der Waals surface area (Å²) in [5.41, 5.74) is -0.0613. The third-order valence-corrected chi connectivity index (χ3v) is 4.76. The number of esters is 1. The van der Waals surface area contributed by atoms with E-state index in [1.54, 1.807) is 6.92 Å². The van der Waals surface area contributed by atoms with Crippen LogP contribution < -0.4 is 5.32 Å². The van der Waals surface area contributed by atoms with Gasteiger partial charge in [-0.2, -0.15) is 0 Å². The normalized spacial score (nSPS) is 15.0. The summed E-state index contributed by atoms with van der Waals surface area (Å²) in [6.45, 7) is 19.3. The highest BCUT2D eigenvalue weighted by molar-refractivity contribution is 5.81. The van der Waals surface area contributed by atoms with E-state index in [2.05, 4.69) is 56.9 Å². The molecule has 0 saturated carbocycles. The van der Waals surface area contributed by atoms with Gasteiger partial charge in [-0.25, -0.2) is 4.79 Å². The van der Waals surface area contributed by atoms with Gasteiger partial charge >= 0.3 is 12.1 Å². The summed E-state index contributed by atoms with van der Waals surface area (Å²) in [4.78, 5) is 28.8. The van der Waals surface area contributed by atoms with Gasteiger partial charge in [0, 0.05) is 6.54 Å². The molecule has 7 heteroatoms. The third kappa shape index (κ3) is 10.1. The molecular weight excluding hydrogens is 360 g/mol. The Morgan fingerprint density at radius 1 is 0.964 bits per heavy atom. The Bertz CT molecular complexity index is 532. The zero-order valence-electron chi connectivity index (χ0n) is 19.2. The van der Waals surface area contributed by atoms with E-state index in [0.29, 0.717) is 6.61 Å². The zero-order valence-corrected chi connectivity index (χ0v) is 19.2. The third-order valence-electron chi connectivity index (χ3n) is 4.76. The minimum atomic E-state index is -0.619. The van der Waals surface area contributed by atoms with Crippen molar-refractivity contribution in [2.24, 2.45) is 21.4 Å². The number of ether oxygens (including phenoxy) is 2. The Morgan fingerprint density at radius 3 is 2.07 bits per heavy atom. The first-order valence-corrected chi connectivity index (χ1v) is 9.96. The molecule has 0 aliphatic carbocycles. The summed E-state index contributed by atoms with van der Waals surface area (Å²) in [6.07, 6.45) is 0.833. The van der Waals surface area contributed by atoms with E-state index >= 15 is 0 Å². The maximum Gasteiger partial charge on any atom is 0.433 e. The molecule has 1 unspecified atom stereocenters. The van der Waals surface area contributed by atoms with Gasteiger partial charge in [0.25, 0.3) is 0 Å². The van der Waals surface area contributed by atoms with Gasteiger partial charge < -0.3 is 14.8 Å². The Morgan fingerprint density at radius 2 is 1.57 bits per heavy atom. The van der Waals surface area contributed by atoms with Crippen molar-refractivity contribution in [2.45, 2.75) is 75.2 Å². The highest BCUT2D eigenvalue weighted by Crippen LogP contribution is 2.47. The number of oxime groups is 1. The lowest BCUT2D eigenvalue weighted by atomic mass is 9.61. The monoisotopic (exact) mass is 400 g/mol. The Hall–Kier alpha value is -1.63. The number of amides is 1. The number of carbonyl (C=O) groups is 2. The number of hydrogen-bond donors (Lipinski definition) is 1. The summed E-state index contributed by atoms with van der Waals surface area (Å²) in [7, 11) is 0. The summed E-state index contributed by atoms with van der Waals surface area (Å²) in [6, 6.07) is 0. The molecule has 0 rings (SSSR count). The Labute approximate surface area is 170 Å². The topological polar surface area (TPSA) is 86.2 Å². The molecule has 0 aromatic heterocycles. The van der Waals surface area contributed by atoms with Crippen LogP contribution in [0.5, 0.6) is 0 Å². The van der Waals surface area contributed by atoms with E-state index in [1.807, 2.05) is 13.8 Å². The first-order chi connectivity index (χ1) is 12.7. The number of nitrogens with zero attached hydrogens (tertiary/aromatic N) is 1. The summed E-state index contributed by atoms with van der Waals surface area (Å²) >= 11 is 0. The molecule has 7 nitrogen and oxygen atoms in total. The summed E-state index contributed by atoms with van der Waals surface area (Å²) in [5.74, 6) is -0.204. The van der Waals surface area contributed by atoms with Crippen molar-refractivity contribution >= 4 is 17.8 Å². The van der Waals surface area contributed by atoms with E-state index in [-0.39, 0.29) is 36.6 Å². The quantitative estimate of drug-likeness (QED) is 0.191. The predicted octanol–water partition coefficient (Wildman–Crippen LogP) is 4.55. The van der Waals surface area contributed by atoms with Crippen molar-refractivity contribution in [2.75, 3.05) is 26.4 Å². The number of hydrogen-bond acceptors (Lipinski definition) is 6. The van der Waals surface area contributed by atoms with Crippen LogP contribution in [0.4, 0.5) is 4.79 Å². The van der Waals surface area contributed by atoms with E-state index in [1.165, 1.54) is 0 Å². The fourth-order valence-corrected chi connectivity index (χ4v) is 2.60. The molecule has 0 bridgehead atoms. The Balaban J connectivity index is 4.22. The van der Waals surface area contributed by atoms with Gasteiger partial charge in [-0.3, -0.25) is 9.63 Å². The fraction of sp³-hybridized carbons (Fsp3) is 0.857. The molecule has 0 aromatic rings. The molecule has 0 saturated heterocycles. The van der Waals surface area contributed by atoms with E-state index < -0.39 is 11.5 Å². The minimum absolute atomic E-state index is 0.0115. The van der Waals surface area contributed by atoms with Crippen molar-refractivity contribution in [3.63, 3.8) is 0 Å². The molecule has 28 heavy (non-hydrogen) atoms. The lowest BCUT2D eigenvalue weighted by Crippen LogP contribution is -2.44. The molecule has 0 spiro atoms. The number of nitrogens with one attached hydrogen (secondary N) is 1. The standard InChI is InChI=1S/C21H40N2O5/c1-10-16(2)23-28-18(25)22-11-12-26-13-14-27-17(24)21(9,20(6,7)8)15-19(3,4)5/h10-15H2,1-9H3,(H,22,25). The molecule has 1 atom stereocenters. The minimum Gasteiger partial charge on any atom is -0.463 e. The second-order valence-corrected chi connectivity index (χ2v) is 9.55. The highest BCUT2D eigenvalue weighted by atomic mass is 16.7. The van der Waals surface area contributed by atoms with Crippen LogP contribution in [0.3, 0.4) is 0 Å². The predicted molar refractivity (Wildman–Crippen MR) is 111 cm³/mol. The molecular formula is C21H40N2O5. The average Bonchev–Trinajstić information content (AvgIpc) is 2.55. The smallest absolute Gasteiger partial charge is 0.433 e. The SMILES string of the molecule is CCC(C)=NOC(=O)NCCOCCOC(=O)C(C)(CC(C)(C)C)C(C)(C)C. The molecule has 0 aliphatic rings. The van der Waals surface area contributed by atoms with Crippen molar-refractivity contribution < 1.29 is 23.9 Å². The van der Waals surface area contributed by atoms with E-state index in [0.717, 1.165) is 18.6 Å². The van der Waals surface area contributed by atoms with Crippen LogP contribution in [-0.4, -0.2) is 44.1 Å². The van der Waals surface area contributed by atoms with Gasteiger partial charge in [-0.05, 0) is 37.5 Å². The summed E-state index contributed by atoms with van der Waals surface area (Å²) in [5, 5.41) is 6.20.